The smallest absolute Gasteiger partial charge is 0.0648 e. The number of rotatable bonds is 6. The van der Waals surface area contributed by atoms with Crippen molar-refractivity contribution in [1.82, 2.24) is 15.1 Å². The third kappa shape index (κ3) is 3.82. The molecule has 4 heteroatoms. The predicted molar refractivity (Wildman–Crippen MR) is 120 cm³/mol. The van der Waals surface area contributed by atoms with Gasteiger partial charge in [-0.25, -0.2) is 4.68 Å². The number of hydrogen-bond acceptors (Lipinski definition) is 3. The third-order valence-corrected chi connectivity index (χ3v) is 6.57. The fourth-order valence-corrected chi connectivity index (χ4v) is 4.90. The van der Waals surface area contributed by atoms with Crippen molar-refractivity contribution in [3.8, 4) is 16.8 Å². The Labute approximate surface area is 173 Å². The van der Waals surface area contributed by atoms with E-state index in [1.807, 2.05) is 23.1 Å². The summed E-state index contributed by atoms with van der Waals surface area (Å²) in [6.45, 7) is 3.32. The van der Waals surface area contributed by atoms with Crippen LogP contribution < -0.4 is 10.6 Å². The lowest BCUT2D eigenvalue weighted by molar-refractivity contribution is 0.511. The zero-order valence-electron chi connectivity index (χ0n) is 17.2. The first kappa shape index (κ1) is 18.4. The molecule has 2 unspecified atom stereocenters. The van der Waals surface area contributed by atoms with Crippen LogP contribution in [0, 0.1) is 0 Å². The molecule has 2 atom stereocenters. The summed E-state index contributed by atoms with van der Waals surface area (Å²) in [5.74, 6) is 0. The van der Waals surface area contributed by atoms with Crippen molar-refractivity contribution in [3.63, 3.8) is 0 Å². The van der Waals surface area contributed by atoms with E-state index in [-0.39, 0.29) is 0 Å². The number of fused-ring (bicyclic) bond motifs is 3. The minimum absolute atomic E-state index is 0.681. The largest absolute Gasteiger partial charge is 0.385 e. The van der Waals surface area contributed by atoms with Gasteiger partial charge in [-0.05, 0) is 91.1 Å². The van der Waals surface area contributed by atoms with E-state index in [9.17, 15) is 0 Å². The summed E-state index contributed by atoms with van der Waals surface area (Å²) >= 11 is 0. The molecule has 150 valence electrons. The van der Waals surface area contributed by atoms with Gasteiger partial charge in [0, 0.05) is 36.7 Å². The summed E-state index contributed by atoms with van der Waals surface area (Å²) in [7, 11) is 0. The van der Waals surface area contributed by atoms with Gasteiger partial charge in [0.15, 0.2) is 0 Å². The number of benzene rings is 2. The fourth-order valence-electron chi connectivity index (χ4n) is 4.90. The van der Waals surface area contributed by atoms with Crippen molar-refractivity contribution < 1.29 is 0 Å². The predicted octanol–water partition coefficient (Wildman–Crippen LogP) is 4.97. The topological polar surface area (TPSA) is 41.9 Å². The Bertz CT molecular complexity index is 976. The Hall–Kier alpha value is -2.59. The van der Waals surface area contributed by atoms with E-state index in [0.29, 0.717) is 6.04 Å². The summed E-state index contributed by atoms with van der Waals surface area (Å²) in [5, 5.41) is 11.8. The summed E-state index contributed by atoms with van der Waals surface area (Å²) in [5.41, 5.74) is 8.02. The van der Waals surface area contributed by atoms with Gasteiger partial charge in [0.25, 0.3) is 0 Å². The van der Waals surface area contributed by atoms with Crippen LogP contribution in [0.5, 0.6) is 0 Å². The molecule has 5 rings (SSSR count). The van der Waals surface area contributed by atoms with E-state index in [1.165, 1.54) is 53.6 Å². The molecule has 2 aromatic carbocycles. The number of hydrogen-bond donors (Lipinski definition) is 2. The van der Waals surface area contributed by atoms with E-state index in [0.717, 1.165) is 31.1 Å². The summed E-state index contributed by atoms with van der Waals surface area (Å²) in [4.78, 5) is 0. The van der Waals surface area contributed by atoms with Gasteiger partial charge in [0.2, 0.25) is 0 Å². The van der Waals surface area contributed by atoms with E-state index in [4.69, 9.17) is 0 Å². The lowest BCUT2D eigenvalue weighted by atomic mass is 9.85. The Balaban J connectivity index is 1.27. The lowest BCUT2D eigenvalue weighted by Gasteiger charge is -2.22. The van der Waals surface area contributed by atoms with Gasteiger partial charge >= 0.3 is 0 Å². The molecule has 2 heterocycles. The third-order valence-electron chi connectivity index (χ3n) is 6.57. The number of aryl methyl sites for hydroxylation is 2. The van der Waals surface area contributed by atoms with E-state index >= 15 is 0 Å². The average Bonchev–Trinajstić information content (AvgIpc) is 3.45. The maximum absolute atomic E-state index is 4.36. The quantitative estimate of drug-likeness (QED) is 0.628. The minimum atomic E-state index is 0.681. The first-order chi connectivity index (χ1) is 14.3. The number of anilines is 1. The molecule has 29 heavy (non-hydrogen) atoms. The molecule has 0 saturated carbocycles. The molecule has 1 aliphatic heterocycles. The molecule has 2 aliphatic rings. The number of nitrogens with zero attached hydrogens (tertiary/aromatic N) is 2. The van der Waals surface area contributed by atoms with Gasteiger partial charge in [-0.15, -0.1) is 0 Å². The van der Waals surface area contributed by atoms with Crippen molar-refractivity contribution in [3.05, 3.63) is 66.0 Å². The lowest BCUT2D eigenvalue weighted by Crippen LogP contribution is -2.30. The second-order valence-corrected chi connectivity index (χ2v) is 8.43. The summed E-state index contributed by atoms with van der Waals surface area (Å²) in [6, 6.07) is 17.0. The number of nitrogens with one attached hydrogen (secondary N) is 2. The zero-order chi connectivity index (χ0) is 19.6. The van der Waals surface area contributed by atoms with E-state index in [2.05, 4.69) is 59.1 Å². The van der Waals surface area contributed by atoms with Crippen molar-refractivity contribution >= 4 is 5.69 Å². The molecule has 1 aliphatic carbocycles. The van der Waals surface area contributed by atoms with Gasteiger partial charge < -0.3 is 10.6 Å². The van der Waals surface area contributed by atoms with Crippen molar-refractivity contribution in [2.24, 2.45) is 0 Å². The molecular formula is C25H30N4. The van der Waals surface area contributed by atoms with Crippen LogP contribution in [0.3, 0.4) is 0 Å². The molecule has 1 saturated heterocycles. The molecule has 4 nitrogen and oxygen atoms in total. The highest BCUT2D eigenvalue weighted by Crippen LogP contribution is 2.36. The van der Waals surface area contributed by atoms with Gasteiger partial charge in [-0.2, -0.15) is 5.10 Å². The molecule has 1 aromatic heterocycles. The SMILES string of the molecule is CCC1CCC(CCNc2ccc3c(c2)CCc2cc(-n4cccn4)ccc2-3)N1. The van der Waals surface area contributed by atoms with Crippen LogP contribution in [0.25, 0.3) is 16.8 Å². The molecule has 0 amide bonds. The summed E-state index contributed by atoms with van der Waals surface area (Å²) in [6.07, 6.45) is 11.1. The number of aromatic nitrogens is 2. The summed E-state index contributed by atoms with van der Waals surface area (Å²) < 4.78 is 1.94. The average molecular weight is 387 g/mol. The van der Waals surface area contributed by atoms with Gasteiger partial charge in [0.1, 0.15) is 0 Å². The van der Waals surface area contributed by atoms with Crippen LogP contribution in [-0.2, 0) is 12.8 Å². The van der Waals surface area contributed by atoms with Crippen molar-refractivity contribution in [2.75, 3.05) is 11.9 Å². The second kappa shape index (κ2) is 8.03. The van der Waals surface area contributed by atoms with Gasteiger partial charge in [0.05, 0.1) is 5.69 Å². The van der Waals surface area contributed by atoms with Crippen molar-refractivity contribution in [1.29, 1.82) is 0 Å². The van der Waals surface area contributed by atoms with Crippen LogP contribution in [0.15, 0.2) is 54.9 Å². The maximum atomic E-state index is 4.36. The fraction of sp³-hybridized carbons (Fsp3) is 0.400. The Morgan fingerprint density at radius 1 is 1.03 bits per heavy atom. The second-order valence-electron chi connectivity index (χ2n) is 8.43. The molecule has 2 N–H and O–H groups in total. The highest BCUT2D eigenvalue weighted by atomic mass is 15.3. The molecular weight excluding hydrogens is 356 g/mol. The van der Waals surface area contributed by atoms with Crippen LogP contribution >= 0.6 is 0 Å². The van der Waals surface area contributed by atoms with E-state index in [1.54, 1.807) is 0 Å². The minimum Gasteiger partial charge on any atom is -0.385 e. The molecule has 0 bridgehead atoms. The Kier molecular flexibility index (Phi) is 5.11. The first-order valence-electron chi connectivity index (χ1n) is 11.1. The normalized spacial score (nSPS) is 20.3. The van der Waals surface area contributed by atoms with Gasteiger partial charge in [-0.3, -0.25) is 0 Å². The van der Waals surface area contributed by atoms with Crippen LogP contribution in [-0.4, -0.2) is 28.4 Å². The van der Waals surface area contributed by atoms with Crippen LogP contribution in [0.1, 0.15) is 43.7 Å². The van der Waals surface area contributed by atoms with Crippen molar-refractivity contribution in [2.45, 2.75) is 57.5 Å². The van der Waals surface area contributed by atoms with Crippen LogP contribution in [0.4, 0.5) is 5.69 Å². The zero-order valence-corrected chi connectivity index (χ0v) is 17.2. The van der Waals surface area contributed by atoms with E-state index < -0.39 is 0 Å². The maximum Gasteiger partial charge on any atom is 0.0648 e. The standard InChI is InChI=1S/C25H30N4/c1-2-20-6-7-21(28-20)12-14-26-22-8-10-24-18(16-22)4-5-19-17-23(9-11-25(19)24)29-15-3-13-27-29/h3,8-11,13,15-17,20-21,26,28H,2,4-7,12,14H2,1H3. The Morgan fingerprint density at radius 3 is 2.59 bits per heavy atom. The molecule has 1 fully saturated rings. The molecule has 0 spiro atoms. The molecule has 3 aromatic rings. The first-order valence-corrected chi connectivity index (χ1v) is 11.1. The monoisotopic (exact) mass is 386 g/mol. The molecule has 0 radical (unpaired) electrons. The Morgan fingerprint density at radius 2 is 1.83 bits per heavy atom. The highest BCUT2D eigenvalue weighted by Gasteiger charge is 2.21. The highest BCUT2D eigenvalue weighted by molar-refractivity contribution is 5.76. The van der Waals surface area contributed by atoms with Gasteiger partial charge in [-0.1, -0.05) is 19.1 Å². The van der Waals surface area contributed by atoms with Crippen LogP contribution in [0.2, 0.25) is 0 Å².